The van der Waals surface area contributed by atoms with Crippen molar-refractivity contribution in [3.63, 3.8) is 0 Å². The van der Waals surface area contributed by atoms with Crippen LogP contribution in [0.5, 0.6) is 0 Å². The Kier molecular flexibility index (Phi) is 4.34. The lowest BCUT2D eigenvalue weighted by molar-refractivity contribution is 0.102. The zero-order valence-electron chi connectivity index (χ0n) is 12.4. The van der Waals surface area contributed by atoms with E-state index in [1.165, 1.54) is 6.26 Å². The number of hydrogen-bond acceptors (Lipinski definition) is 5. The van der Waals surface area contributed by atoms with Crippen molar-refractivity contribution in [2.75, 3.05) is 17.3 Å². The number of hydrogen-bond donors (Lipinski definition) is 2. The van der Waals surface area contributed by atoms with E-state index in [1.54, 1.807) is 23.9 Å². The smallest absolute Gasteiger partial charge is 0.277 e. The molecule has 3 aromatic rings. The highest BCUT2D eigenvalue weighted by Crippen LogP contribution is 2.25. The summed E-state index contributed by atoms with van der Waals surface area (Å²) in [6.45, 7) is 0. The number of anilines is 2. The van der Waals surface area contributed by atoms with Gasteiger partial charge in [0, 0.05) is 16.3 Å². The van der Waals surface area contributed by atoms with Crippen LogP contribution in [-0.2, 0) is 0 Å². The number of para-hydroxylation sites is 1. The first-order valence-corrected chi connectivity index (χ1v) is 8.15. The molecule has 0 aliphatic rings. The van der Waals surface area contributed by atoms with Gasteiger partial charge in [0.1, 0.15) is 6.26 Å². The zero-order valence-corrected chi connectivity index (χ0v) is 13.3. The van der Waals surface area contributed by atoms with Crippen LogP contribution in [0.15, 0.2) is 64.1 Å². The Morgan fingerprint density at radius 1 is 1.17 bits per heavy atom. The van der Waals surface area contributed by atoms with Gasteiger partial charge in [0.25, 0.3) is 5.91 Å². The van der Waals surface area contributed by atoms with Gasteiger partial charge in [-0.25, -0.2) is 4.98 Å². The van der Waals surface area contributed by atoms with Crippen molar-refractivity contribution in [1.82, 2.24) is 4.98 Å². The number of carbonyl (C=O) groups excluding carboxylic acids is 1. The maximum Gasteiger partial charge on any atom is 0.277 e. The van der Waals surface area contributed by atoms with Gasteiger partial charge < -0.3 is 15.5 Å². The van der Waals surface area contributed by atoms with E-state index >= 15 is 0 Å². The van der Waals surface area contributed by atoms with Crippen molar-refractivity contribution in [1.29, 1.82) is 0 Å². The molecule has 5 nitrogen and oxygen atoms in total. The number of benzene rings is 2. The van der Waals surface area contributed by atoms with Crippen molar-refractivity contribution in [3.05, 3.63) is 60.5 Å². The van der Waals surface area contributed by atoms with Crippen molar-refractivity contribution in [2.45, 2.75) is 4.90 Å². The summed E-state index contributed by atoms with van der Waals surface area (Å²) in [5.74, 6) is -0.00242. The number of amides is 1. The fraction of sp³-hybridized carbons (Fsp3) is 0.0588. The third-order valence-electron chi connectivity index (χ3n) is 3.28. The fourth-order valence-electron chi connectivity index (χ4n) is 2.06. The van der Waals surface area contributed by atoms with Gasteiger partial charge in [-0.05, 0) is 42.7 Å². The summed E-state index contributed by atoms with van der Waals surface area (Å²) in [6.07, 6.45) is 3.33. The molecule has 0 spiro atoms. The predicted molar refractivity (Wildman–Crippen MR) is 92.5 cm³/mol. The van der Waals surface area contributed by atoms with Crippen molar-refractivity contribution >= 4 is 29.0 Å². The maximum absolute atomic E-state index is 12.2. The number of nitrogens with zero attached hydrogens (tertiary/aromatic N) is 1. The number of thioether (sulfide) groups is 1. The number of oxazole rings is 1. The van der Waals surface area contributed by atoms with E-state index in [1.807, 2.05) is 42.7 Å². The lowest BCUT2D eigenvalue weighted by Crippen LogP contribution is -2.12. The van der Waals surface area contributed by atoms with Gasteiger partial charge in [-0.15, -0.1) is 11.8 Å². The second kappa shape index (κ2) is 6.58. The molecule has 0 bridgehead atoms. The van der Waals surface area contributed by atoms with Crippen LogP contribution < -0.4 is 11.1 Å². The molecule has 1 aromatic heterocycles. The molecule has 0 aliphatic carbocycles. The molecular weight excluding hydrogens is 310 g/mol. The molecule has 1 amide bonds. The summed E-state index contributed by atoms with van der Waals surface area (Å²) < 4.78 is 5.37. The second-order valence-electron chi connectivity index (χ2n) is 4.81. The molecule has 0 radical (unpaired) electrons. The van der Waals surface area contributed by atoms with Crippen molar-refractivity contribution in [2.24, 2.45) is 0 Å². The normalized spacial score (nSPS) is 10.5. The van der Waals surface area contributed by atoms with Crippen LogP contribution in [0.4, 0.5) is 11.4 Å². The minimum atomic E-state index is -0.327. The highest BCUT2D eigenvalue weighted by molar-refractivity contribution is 7.98. The molecule has 0 unspecified atom stereocenters. The molecule has 3 N–H and O–H groups in total. The van der Waals surface area contributed by atoms with E-state index in [0.29, 0.717) is 22.8 Å². The molecule has 0 aliphatic heterocycles. The third-order valence-corrected chi connectivity index (χ3v) is 4.02. The molecule has 23 heavy (non-hydrogen) atoms. The van der Waals surface area contributed by atoms with E-state index in [9.17, 15) is 4.79 Å². The molecule has 3 rings (SSSR count). The minimum absolute atomic E-state index is 0.206. The lowest BCUT2D eigenvalue weighted by atomic mass is 10.2. The topological polar surface area (TPSA) is 81.2 Å². The molecule has 6 heteroatoms. The summed E-state index contributed by atoms with van der Waals surface area (Å²) >= 11 is 1.64. The van der Waals surface area contributed by atoms with Crippen molar-refractivity contribution in [3.8, 4) is 11.5 Å². The number of rotatable bonds is 4. The molecule has 0 saturated heterocycles. The summed E-state index contributed by atoms with van der Waals surface area (Å²) in [6, 6.07) is 14.8. The first-order valence-electron chi connectivity index (χ1n) is 6.93. The number of aromatic nitrogens is 1. The second-order valence-corrected chi connectivity index (χ2v) is 5.69. The number of nitrogens with two attached hydrogens (primary N) is 1. The highest BCUT2D eigenvalue weighted by Gasteiger charge is 2.15. The van der Waals surface area contributed by atoms with E-state index < -0.39 is 0 Å². The van der Waals surface area contributed by atoms with Crippen LogP contribution in [-0.4, -0.2) is 17.1 Å². The Morgan fingerprint density at radius 3 is 2.61 bits per heavy atom. The first-order chi connectivity index (χ1) is 11.2. The summed E-state index contributed by atoms with van der Waals surface area (Å²) in [5.41, 5.74) is 8.01. The average molecular weight is 325 g/mol. The van der Waals surface area contributed by atoms with Gasteiger partial charge in [-0.1, -0.05) is 12.1 Å². The minimum Gasteiger partial charge on any atom is -0.444 e. The molecule has 116 valence electrons. The van der Waals surface area contributed by atoms with Gasteiger partial charge in [-0.3, -0.25) is 4.79 Å². The quantitative estimate of drug-likeness (QED) is 0.561. The van der Waals surface area contributed by atoms with Gasteiger partial charge >= 0.3 is 0 Å². The Balaban J connectivity index is 1.77. The summed E-state index contributed by atoms with van der Waals surface area (Å²) in [5, 5.41) is 2.79. The van der Waals surface area contributed by atoms with Crippen LogP contribution in [0.25, 0.3) is 11.5 Å². The third kappa shape index (κ3) is 3.37. The Hall–Kier alpha value is -2.73. The highest BCUT2D eigenvalue weighted by atomic mass is 32.2. The fourth-order valence-corrected chi connectivity index (χ4v) is 2.47. The van der Waals surface area contributed by atoms with E-state index in [4.69, 9.17) is 10.2 Å². The first kappa shape index (κ1) is 15.2. The predicted octanol–water partition coefficient (Wildman–Crippen LogP) is 3.90. The SMILES string of the molecule is CSc1ccc(NC(=O)c2coc(-c3ccccc3N)n2)cc1. The van der Waals surface area contributed by atoms with Crippen LogP contribution in [0.3, 0.4) is 0 Å². The van der Waals surface area contributed by atoms with Crippen molar-refractivity contribution < 1.29 is 9.21 Å². The Labute approximate surface area is 137 Å². The van der Waals surface area contributed by atoms with Crippen LogP contribution in [0, 0.1) is 0 Å². The molecule has 0 saturated carbocycles. The molecular formula is C17H15N3O2S. The van der Waals surface area contributed by atoms with Gasteiger partial charge in [0.05, 0.1) is 5.56 Å². The average Bonchev–Trinajstić information content (AvgIpc) is 3.06. The molecule has 0 fully saturated rings. The van der Waals surface area contributed by atoms with E-state index in [-0.39, 0.29) is 11.6 Å². The lowest BCUT2D eigenvalue weighted by Gasteiger charge is -2.03. The number of nitrogens with one attached hydrogen (secondary N) is 1. The van der Waals surface area contributed by atoms with E-state index in [2.05, 4.69) is 10.3 Å². The Bertz CT molecular complexity index is 828. The monoisotopic (exact) mass is 325 g/mol. The standard InChI is InChI=1S/C17H15N3O2S/c1-23-12-8-6-11(7-9-12)19-16(21)15-10-22-17(20-15)13-4-2-3-5-14(13)18/h2-10H,18H2,1H3,(H,19,21). The maximum atomic E-state index is 12.2. The summed E-state index contributed by atoms with van der Waals surface area (Å²) in [4.78, 5) is 17.6. The molecule has 2 aromatic carbocycles. The zero-order chi connectivity index (χ0) is 16.2. The van der Waals surface area contributed by atoms with Crippen LogP contribution in [0.1, 0.15) is 10.5 Å². The number of nitrogen functional groups attached to an aromatic ring is 1. The number of carbonyl (C=O) groups is 1. The molecule has 0 atom stereocenters. The molecule has 1 heterocycles. The van der Waals surface area contributed by atoms with Gasteiger partial charge in [-0.2, -0.15) is 0 Å². The Morgan fingerprint density at radius 2 is 1.91 bits per heavy atom. The van der Waals surface area contributed by atoms with E-state index in [0.717, 1.165) is 4.90 Å². The largest absolute Gasteiger partial charge is 0.444 e. The van der Waals surface area contributed by atoms with Gasteiger partial charge in [0.15, 0.2) is 5.69 Å². The van der Waals surface area contributed by atoms with Crippen LogP contribution in [0.2, 0.25) is 0 Å². The van der Waals surface area contributed by atoms with Gasteiger partial charge in [0.2, 0.25) is 5.89 Å². The van der Waals surface area contributed by atoms with Crippen LogP contribution >= 0.6 is 11.8 Å². The summed E-state index contributed by atoms with van der Waals surface area (Å²) in [7, 11) is 0.